The summed E-state index contributed by atoms with van der Waals surface area (Å²) in [6.45, 7) is 2.71. The Kier molecular flexibility index (Phi) is 7.94. The quantitative estimate of drug-likeness (QED) is 0.381. The molecule has 2 aromatic carbocycles. The number of carbonyl (C=O) groups is 1. The topological polar surface area (TPSA) is 77.2 Å². The molecule has 0 radical (unpaired) electrons. The highest BCUT2D eigenvalue weighted by molar-refractivity contribution is 7.99. The number of carbonyl (C=O) groups excluding carboxylic acids is 1. The number of aryl methyl sites for hydroxylation is 1. The highest BCUT2D eigenvalue weighted by Crippen LogP contribution is 2.19. The van der Waals surface area contributed by atoms with Gasteiger partial charge in [-0.1, -0.05) is 29.5 Å². The third kappa shape index (κ3) is 7.43. The van der Waals surface area contributed by atoms with Crippen molar-refractivity contribution in [3.05, 3.63) is 65.8 Å². The van der Waals surface area contributed by atoms with Gasteiger partial charge < -0.3 is 14.5 Å². The number of hydrogen-bond acceptors (Lipinski definition) is 7. The number of rotatable bonds is 10. The van der Waals surface area contributed by atoms with Crippen LogP contribution in [0.2, 0.25) is 0 Å². The van der Waals surface area contributed by atoms with Crippen LogP contribution in [-0.2, 0) is 11.4 Å². The van der Waals surface area contributed by atoms with Crippen molar-refractivity contribution in [2.75, 3.05) is 18.1 Å². The van der Waals surface area contributed by atoms with Gasteiger partial charge in [0, 0.05) is 17.2 Å². The molecule has 6 nitrogen and oxygen atoms in total. The lowest BCUT2D eigenvalue weighted by molar-refractivity contribution is -0.118. The molecule has 152 valence electrons. The number of aromatic nitrogens is 2. The largest absolute Gasteiger partial charge is 0.484 e. The summed E-state index contributed by atoms with van der Waals surface area (Å²) in [6, 6.07) is 13.9. The van der Waals surface area contributed by atoms with Crippen LogP contribution in [0.4, 0.5) is 4.39 Å². The molecule has 0 aliphatic rings. The molecule has 1 amide bonds. The number of nitrogens with zero attached hydrogens (tertiary/aromatic N) is 2. The van der Waals surface area contributed by atoms with Gasteiger partial charge in [0.2, 0.25) is 5.91 Å². The first-order chi connectivity index (χ1) is 14.1. The van der Waals surface area contributed by atoms with Crippen LogP contribution in [-0.4, -0.2) is 34.2 Å². The number of thioether (sulfide) groups is 2. The van der Waals surface area contributed by atoms with E-state index in [4.69, 9.17) is 9.15 Å². The van der Waals surface area contributed by atoms with E-state index >= 15 is 0 Å². The molecule has 0 atom stereocenters. The van der Waals surface area contributed by atoms with Gasteiger partial charge in [-0.2, -0.15) is 0 Å². The van der Waals surface area contributed by atoms with E-state index in [1.807, 2.05) is 0 Å². The number of ether oxygens (including phenoxy) is 1. The van der Waals surface area contributed by atoms with Gasteiger partial charge in [-0.05, 0) is 43.3 Å². The van der Waals surface area contributed by atoms with Crippen molar-refractivity contribution in [2.45, 2.75) is 23.6 Å². The highest BCUT2D eigenvalue weighted by atomic mass is 32.2. The predicted octanol–water partition coefficient (Wildman–Crippen LogP) is 4.10. The molecule has 0 saturated heterocycles. The second-order valence-corrected chi connectivity index (χ2v) is 8.10. The molecule has 1 aromatic heterocycles. The van der Waals surface area contributed by atoms with Crippen LogP contribution < -0.4 is 10.1 Å². The zero-order valence-electron chi connectivity index (χ0n) is 15.8. The Hall–Kier alpha value is -2.52. The number of hydrogen-bond donors (Lipinski definition) is 1. The first-order valence-corrected chi connectivity index (χ1v) is 10.9. The third-order valence-electron chi connectivity index (χ3n) is 3.66. The molecule has 29 heavy (non-hydrogen) atoms. The fourth-order valence-electron chi connectivity index (χ4n) is 2.20. The number of nitrogens with one attached hydrogen (secondary N) is 1. The second-order valence-electron chi connectivity index (χ2n) is 6.00. The Morgan fingerprint density at radius 1 is 1.10 bits per heavy atom. The van der Waals surface area contributed by atoms with Gasteiger partial charge in [-0.15, -0.1) is 22.0 Å². The average molecular weight is 434 g/mol. The first-order valence-electron chi connectivity index (χ1n) is 8.88. The maximum absolute atomic E-state index is 12.9. The smallest absolute Gasteiger partial charge is 0.277 e. The molecule has 1 N–H and O–H groups in total. The van der Waals surface area contributed by atoms with Gasteiger partial charge >= 0.3 is 0 Å². The average Bonchev–Trinajstić information content (AvgIpc) is 3.18. The van der Waals surface area contributed by atoms with Crippen LogP contribution >= 0.6 is 23.5 Å². The highest BCUT2D eigenvalue weighted by Gasteiger charge is 2.10. The second kappa shape index (κ2) is 10.9. The lowest BCUT2D eigenvalue weighted by Crippen LogP contribution is -2.27. The monoisotopic (exact) mass is 433 g/mol. The summed E-state index contributed by atoms with van der Waals surface area (Å²) >= 11 is 2.86. The van der Waals surface area contributed by atoms with Crippen LogP contribution in [0.15, 0.2) is 63.1 Å². The Balaban J connectivity index is 1.31. The van der Waals surface area contributed by atoms with Gasteiger partial charge in [0.05, 0.1) is 5.75 Å². The molecule has 0 saturated carbocycles. The van der Waals surface area contributed by atoms with Crippen LogP contribution in [0.1, 0.15) is 11.5 Å². The van der Waals surface area contributed by atoms with Crippen LogP contribution in [0, 0.1) is 12.7 Å². The van der Waals surface area contributed by atoms with Gasteiger partial charge in [0.25, 0.3) is 11.1 Å². The van der Waals surface area contributed by atoms with E-state index in [1.165, 1.54) is 34.7 Å². The molecule has 1 heterocycles. The normalized spacial score (nSPS) is 10.7. The Bertz CT molecular complexity index is 917. The Labute approximate surface area is 176 Å². The summed E-state index contributed by atoms with van der Waals surface area (Å²) in [5.41, 5.74) is 1.23. The van der Waals surface area contributed by atoms with E-state index < -0.39 is 0 Å². The Morgan fingerprint density at radius 3 is 2.62 bits per heavy atom. The van der Waals surface area contributed by atoms with E-state index in [0.29, 0.717) is 17.5 Å². The lowest BCUT2D eigenvalue weighted by atomic mass is 10.2. The maximum Gasteiger partial charge on any atom is 0.277 e. The summed E-state index contributed by atoms with van der Waals surface area (Å²) < 4.78 is 23.7. The van der Waals surface area contributed by atoms with Gasteiger partial charge in [0.1, 0.15) is 11.6 Å². The van der Waals surface area contributed by atoms with Crippen LogP contribution in [0.25, 0.3) is 0 Å². The van der Waals surface area contributed by atoms with E-state index in [1.54, 1.807) is 11.8 Å². The minimum absolute atomic E-state index is 0.0711. The molecule has 0 fully saturated rings. The molecule has 3 aromatic rings. The van der Waals surface area contributed by atoms with Crippen molar-refractivity contribution in [3.8, 4) is 5.75 Å². The lowest BCUT2D eigenvalue weighted by Gasteiger charge is -2.04. The van der Waals surface area contributed by atoms with E-state index in [2.05, 4.69) is 46.7 Å². The number of amides is 1. The van der Waals surface area contributed by atoms with Crippen molar-refractivity contribution in [1.82, 2.24) is 15.5 Å². The van der Waals surface area contributed by atoms with E-state index in [-0.39, 0.29) is 30.0 Å². The molecule has 0 spiro atoms. The first kappa shape index (κ1) is 21.2. The molecular formula is C20H20FN3O3S2. The third-order valence-corrected chi connectivity index (χ3v) is 5.50. The van der Waals surface area contributed by atoms with Gasteiger partial charge in [0.15, 0.2) is 6.61 Å². The van der Waals surface area contributed by atoms with Crippen molar-refractivity contribution in [1.29, 1.82) is 0 Å². The van der Waals surface area contributed by atoms with Crippen molar-refractivity contribution >= 4 is 29.4 Å². The molecule has 0 aliphatic carbocycles. The zero-order chi connectivity index (χ0) is 20.5. The number of benzene rings is 2. The minimum atomic E-state index is -0.333. The molecule has 0 unspecified atom stereocenters. The van der Waals surface area contributed by atoms with Gasteiger partial charge in [-0.3, -0.25) is 4.79 Å². The SMILES string of the molecule is Cc1ccc(SCCNC(=O)CSc2nnc(COc3ccc(F)cc3)o2)cc1. The summed E-state index contributed by atoms with van der Waals surface area (Å²) in [7, 11) is 0. The van der Waals surface area contributed by atoms with E-state index in [0.717, 1.165) is 17.5 Å². The summed E-state index contributed by atoms with van der Waals surface area (Å²) in [6.07, 6.45) is 0. The van der Waals surface area contributed by atoms with Crippen molar-refractivity contribution in [3.63, 3.8) is 0 Å². The van der Waals surface area contributed by atoms with Crippen LogP contribution in [0.3, 0.4) is 0 Å². The van der Waals surface area contributed by atoms with E-state index in [9.17, 15) is 9.18 Å². The number of halogens is 1. The van der Waals surface area contributed by atoms with Crippen LogP contribution in [0.5, 0.6) is 5.75 Å². The summed E-state index contributed by atoms with van der Waals surface area (Å²) in [5.74, 6) is 1.34. The van der Waals surface area contributed by atoms with Crippen molar-refractivity contribution < 1.29 is 18.3 Å². The van der Waals surface area contributed by atoms with Crippen molar-refractivity contribution in [2.24, 2.45) is 0 Å². The maximum atomic E-state index is 12.9. The standard InChI is InChI=1S/C20H20FN3O3S2/c1-14-2-8-17(9-3-14)28-11-10-22-18(25)13-29-20-24-23-19(27-20)12-26-16-6-4-15(21)5-7-16/h2-9H,10-13H2,1H3,(H,22,25). The fraction of sp³-hybridized carbons (Fsp3) is 0.250. The minimum Gasteiger partial charge on any atom is -0.484 e. The molecule has 0 aliphatic heterocycles. The molecule has 9 heteroatoms. The fourth-order valence-corrected chi connectivity index (χ4v) is 3.58. The summed E-state index contributed by atoms with van der Waals surface area (Å²) in [5, 5.41) is 10.9. The van der Waals surface area contributed by atoms with Gasteiger partial charge in [-0.25, -0.2) is 4.39 Å². The summed E-state index contributed by atoms with van der Waals surface area (Å²) in [4.78, 5) is 13.1. The zero-order valence-corrected chi connectivity index (χ0v) is 17.4. The molecule has 0 bridgehead atoms. The predicted molar refractivity (Wildman–Crippen MR) is 111 cm³/mol. The molecule has 3 rings (SSSR count). The Morgan fingerprint density at radius 2 is 1.86 bits per heavy atom. The molecular weight excluding hydrogens is 413 g/mol.